The van der Waals surface area contributed by atoms with Crippen LogP contribution in [0.3, 0.4) is 0 Å². The lowest BCUT2D eigenvalue weighted by Crippen LogP contribution is -2.47. The van der Waals surface area contributed by atoms with Crippen molar-refractivity contribution in [2.45, 2.75) is 212 Å². The van der Waals surface area contributed by atoms with Crippen molar-refractivity contribution in [3.8, 4) is 0 Å². The summed E-state index contributed by atoms with van der Waals surface area (Å²) < 4.78 is 25.2. The van der Waals surface area contributed by atoms with Crippen molar-refractivity contribution in [3.05, 3.63) is 142 Å². The van der Waals surface area contributed by atoms with Gasteiger partial charge in [-0.05, 0) is 141 Å². The Hall–Kier alpha value is -6.56. The standard InChI is InChI=1S/C77H112N4O8/c1-49(2)65-29-21-61(22-30-65)37-57(17)41-78-69(53(9)10)73(82)86-45-77(46-87-74(83)70(54(11)12)79-42-58(18)38-62-23-31-66(32-24-62)50(3)4,47-88-75(84)71(55(13)14)80-43-59(19)39-63-25-33-67(34-26-63)51(5)6)48-89-76(85)72(56(15)16)81-44-60(20)40-64-27-35-68(36-28-64)52(7)8/h21-36,41-44,49-60,69-72H,37-40,45-48H2,1-20H3/b78-41-,79-42-,80-43?,81-44?. The molecule has 8 atom stereocenters. The predicted octanol–water partition coefficient (Wildman–Crippen LogP) is 16.5. The number of nitrogens with zero attached hydrogens (tertiary/aromatic N) is 4. The predicted molar refractivity (Wildman–Crippen MR) is 368 cm³/mol. The molecule has 0 aliphatic carbocycles. The van der Waals surface area contributed by atoms with E-state index >= 15 is 0 Å². The molecule has 4 aromatic rings. The lowest BCUT2D eigenvalue weighted by atomic mass is 9.91. The van der Waals surface area contributed by atoms with E-state index in [4.69, 9.17) is 38.9 Å². The normalized spacial score (nSPS) is 15.9. The van der Waals surface area contributed by atoms with Crippen LogP contribution < -0.4 is 0 Å². The number of rotatable bonds is 36. The van der Waals surface area contributed by atoms with E-state index < -0.39 is 79.9 Å². The molecule has 0 radical (unpaired) electrons. The van der Waals surface area contributed by atoms with Gasteiger partial charge >= 0.3 is 23.9 Å². The Balaban J connectivity index is 1.74. The molecule has 8 unspecified atom stereocenters. The Morgan fingerprint density at radius 1 is 0.303 bits per heavy atom. The topological polar surface area (TPSA) is 155 Å². The molecule has 0 aliphatic heterocycles. The number of carbonyl (C=O) groups excluding carboxylic acids is 4. The highest BCUT2D eigenvalue weighted by atomic mass is 16.6. The van der Waals surface area contributed by atoms with Crippen LogP contribution in [0.2, 0.25) is 0 Å². The molecule has 0 amide bonds. The molecule has 0 aromatic heterocycles. The largest absolute Gasteiger partial charge is 0.463 e. The van der Waals surface area contributed by atoms with Gasteiger partial charge in [0.15, 0.2) is 0 Å². The lowest BCUT2D eigenvalue weighted by Gasteiger charge is -2.33. The van der Waals surface area contributed by atoms with Crippen LogP contribution in [0.1, 0.15) is 207 Å². The third-order valence-electron chi connectivity index (χ3n) is 16.4. The van der Waals surface area contributed by atoms with Crippen molar-refractivity contribution in [3.63, 3.8) is 0 Å². The smallest absolute Gasteiger partial charge is 0.331 e. The van der Waals surface area contributed by atoms with Crippen molar-refractivity contribution in [2.75, 3.05) is 26.4 Å². The van der Waals surface area contributed by atoms with Gasteiger partial charge in [0.1, 0.15) is 56.0 Å². The molecule has 0 N–H and O–H groups in total. The SMILES string of the molecule is CC(C=NC(C(=O)OCC(COC(=O)C(N=CC(C)Cc1ccc(C(C)C)cc1)C(C)C)(COC(=O)C(/N=C\C(C)Cc1ccc(C(C)C)cc1)C(C)C)COC(=O)C(/N=C\C(C)Cc1ccc(C(C)C)cc1)C(C)C)C(C)C)Cc1ccc(C(C)C)cc1. The zero-order valence-corrected chi connectivity index (χ0v) is 58.0. The van der Waals surface area contributed by atoms with Crippen LogP contribution in [0.15, 0.2) is 117 Å². The molecule has 0 bridgehead atoms. The van der Waals surface area contributed by atoms with E-state index in [1.165, 1.54) is 22.3 Å². The summed E-state index contributed by atoms with van der Waals surface area (Å²) in [6.07, 6.45) is 10.1. The lowest BCUT2D eigenvalue weighted by molar-refractivity contribution is -0.173. The van der Waals surface area contributed by atoms with Crippen LogP contribution in [-0.4, -0.2) is 99.3 Å². The zero-order valence-electron chi connectivity index (χ0n) is 58.0. The molecule has 0 aliphatic rings. The maximum Gasteiger partial charge on any atom is 0.331 e. The number of carbonyl (C=O) groups is 4. The number of ether oxygens (including phenoxy) is 4. The molecule has 488 valence electrons. The fraction of sp³-hybridized carbons (Fsp3) is 0.584. The first-order chi connectivity index (χ1) is 42.0. The quantitative estimate of drug-likeness (QED) is 0.0248. The summed E-state index contributed by atoms with van der Waals surface area (Å²) in [6.45, 7) is 39.0. The molecule has 4 rings (SSSR count). The van der Waals surface area contributed by atoms with Gasteiger partial charge in [-0.15, -0.1) is 0 Å². The van der Waals surface area contributed by atoms with Crippen LogP contribution >= 0.6 is 0 Å². The summed E-state index contributed by atoms with van der Waals surface area (Å²) in [7, 11) is 0. The highest BCUT2D eigenvalue weighted by Crippen LogP contribution is 2.27. The number of hydrogen-bond donors (Lipinski definition) is 0. The Morgan fingerprint density at radius 3 is 0.618 bits per heavy atom. The highest BCUT2D eigenvalue weighted by Gasteiger charge is 2.41. The summed E-state index contributed by atoms with van der Waals surface area (Å²) in [4.78, 5) is 77.6. The summed E-state index contributed by atoms with van der Waals surface area (Å²) in [5, 5.41) is 0. The number of aliphatic imine (C=N–C) groups is 4. The molecule has 12 nitrogen and oxygen atoms in total. The van der Waals surface area contributed by atoms with Crippen LogP contribution in [0, 0.1) is 52.8 Å². The first kappa shape index (κ1) is 74.9. The minimum absolute atomic E-state index is 0.00582. The highest BCUT2D eigenvalue weighted by molar-refractivity contribution is 5.81. The summed E-state index contributed by atoms with van der Waals surface area (Å²) in [5.74, 6) is -1.98. The first-order valence-corrected chi connectivity index (χ1v) is 33.1. The molecule has 0 saturated heterocycles. The van der Waals surface area contributed by atoms with Gasteiger partial charge in [0.25, 0.3) is 0 Å². The molecule has 89 heavy (non-hydrogen) atoms. The molecule has 0 fully saturated rings. The average Bonchev–Trinajstić information content (AvgIpc) is 3.68. The maximum absolute atomic E-state index is 14.6. The maximum atomic E-state index is 14.6. The van der Waals surface area contributed by atoms with E-state index in [-0.39, 0.29) is 47.3 Å². The molecule has 12 heteroatoms. The van der Waals surface area contributed by atoms with Crippen molar-refractivity contribution in [2.24, 2.45) is 72.7 Å². The number of hydrogen-bond acceptors (Lipinski definition) is 12. The fourth-order valence-electron chi connectivity index (χ4n) is 10.3. The third-order valence-corrected chi connectivity index (χ3v) is 16.4. The Labute approximate surface area is 537 Å². The van der Waals surface area contributed by atoms with Crippen LogP contribution in [0.4, 0.5) is 0 Å². The van der Waals surface area contributed by atoms with Crippen molar-refractivity contribution < 1.29 is 38.1 Å². The van der Waals surface area contributed by atoms with Crippen molar-refractivity contribution in [1.29, 1.82) is 0 Å². The molecule has 4 aromatic carbocycles. The third kappa shape index (κ3) is 25.7. The van der Waals surface area contributed by atoms with E-state index in [0.29, 0.717) is 23.7 Å². The minimum Gasteiger partial charge on any atom is -0.463 e. The molecule has 0 heterocycles. The van der Waals surface area contributed by atoms with Gasteiger partial charge in [0.2, 0.25) is 0 Å². The second kappa shape index (κ2) is 36.9. The van der Waals surface area contributed by atoms with Crippen LogP contribution in [-0.2, 0) is 63.8 Å². The van der Waals surface area contributed by atoms with Crippen molar-refractivity contribution >= 4 is 48.7 Å². The second-order valence-electron chi connectivity index (χ2n) is 28.2. The second-order valence-corrected chi connectivity index (χ2v) is 28.2. The van der Waals surface area contributed by atoms with E-state index in [9.17, 15) is 19.2 Å². The minimum atomic E-state index is -1.63. The summed E-state index contributed by atoms with van der Waals surface area (Å²) in [6, 6.07) is 30.7. The van der Waals surface area contributed by atoms with Gasteiger partial charge in [-0.1, -0.05) is 236 Å². The van der Waals surface area contributed by atoms with Gasteiger partial charge in [0, 0.05) is 24.9 Å². The Kier molecular flexibility index (Phi) is 31.1. The van der Waals surface area contributed by atoms with Gasteiger partial charge in [-0.2, -0.15) is 0 Å². The van der Waals surface area contributed by atoms with Gasteiger partial charge in [-0.3, -0.25) is 20.0 Å². The number of benzene rings is 4. The first-order valence-electron chi connectivity index (χ1n) is 33.1. The van der Waals surface area contributed by atoms with Gasteiger partial charge in [-0.25, -0.2) is 19.2 Å². The van der Waals surface area contributed by atoms with E-state index in [2.05, 4.69) is 180 Å². The average molecular weight is 1220 g/mol. The Bertz CT molecular complexity index is 2490. The molecule has 0 spiro atoms. The molecular formula is C77H112N4O8. The summed E-state index contributed by atoms with van der Waals surface area (Å²) >= 11 is 0. The van der Waals surface area contributed by atoms with Gasteiger partial charge in [0.05, 0.1) is 0 Å². The zero-order chi connectivity index (χ0) is 66.1. The van der Waals surface area contributed by atoms with Crippen molar-refractivity contribution in [1.82, 2.24) is 0 Å². The Morgan fingerprint density at radius 2 is 0.472 bits per heavy atom. The van der Waals surface area contributed by atoms with E-state index in [1.54, 1.807) is 0 Å². The fourth-order valence-corrected chi connectivity index (χ4v) is 10.3. The summed E-state index contributed by atoms with van der Waals surface area (Å²) in [5.41, 5.74) is 8.07. The number of esters is 4. The van der Waals surface area contributed by atoms with E-state index in [1.807, 2.05) is 80.2 Å². The molecule has 0 saturated carbocycles. The molecular weight excluding hydrogens is 1110 g/mol. The van der Waals surface area contributed by atoms with E-state index in [0.717, 1.165) is 47.9 Å². The monoisotopic (exact) mass is 1220 g/mol. The van der Waals surface area contributed by atoms with Gasteiger partial charge < -0.3 is 18.9 Å². The van der Waals surface area contributed by atoms with Crippen LogP contribution in [0.25, 0.3) is 0 Å². The van der Waals surface area contributed by atoms with Crippen LogP contribution in [0.5, 0.6) is 0 Å².